The fourth-order valence-electron chi connectivity index (χ4n) is 2.11. The largest absolute Gasteiger partial charge is 0.256 e. The Morgan fingerprint density at radius 3 is 2.35 bits per heavy atom. The van der Waals surface area contributed by atoms with Crippen molar-refractivity contribution >= 4 is 22.9 Å². The summed E-state index contributed by atoms with van der Waals surface area (Å²) in [5, 5.41) is 1.99. The minimum Gasteiger partial charge on any atom is -0.256 e. The van der Waals surface area contributed by atoms with Gasteiger partial charge in [-0.15, -0.1) is 0 Å². The Labute approximate surface area is 115 Å². The molecule has 20 heavy (non-hydrogen) atoms. The van der Waals surface area contributed by atoms with Gasteiger partial charge in [-0.2, -0.15) is 0 Å². The van der Waals surface area contributed by atoms with Gasteiger partial charge in [0, 0.05) is 17.1 Å². The van der Waals surface area contributed by atoms with Gasteiger partial charge in [0.1, 0.15) is 11.6 Å². The van der Waals surface area contributed by atoms with E-state index in [4.69, 9.17) is 0 Å². The van der Waals surface area contributed by atoms with E-state index < -0.39 is 11.6 Å². The monoisotopic (exact) mass is 267 g/mol. The molecular formula is C17H11F2N. The molecule has 0 N–H and O–H groups in total. The first-order valence-electron chi connectivity index (χ1n) is 6.21. The average molecular weight is 267 g/mol. The van der Waals surface area contributed by atoms with E-state index in [-0.39, 0.29) is 5.56 Å². The maximum atomic E-state index is 13.6. The number of hydrogen-bond acceptors (Lipinski definition) is 1. The molecule has 98 valence electrons. The maximum Gasteiger partial charge on any atom is 0.133 e. The van der Waals surface area contributed by atoms with Crippen LogP contribution in [-0.4, -0.2) is 4.98 Å². The molecule has 0 fully saturated rings. The highest BCUT2D eigenvalue weighted by atomic mass is 19.1. The number of rotatable bonds is 2. The summed E-state index contributed by atoms with van der Waals surface area (Å²) in [7, 11) is 0. The highest BCUT2D eigenvalue weighted by Crippen LogP contribution is 2.20. The minimum atomic E-state index is -0.582. The van der Waals surface area contributed by atoms with Gasteiger partial charge < -0.3 is 0 Å². The fraction of sp³-hybridized carbons (Fsp3) is 0. The molecule has 0 amide bonds. The molecule has 0 aliphatic rings. The van der Waals surface area contributed by atoms with Gasteiger partial charge in [0.25, 0.3) is 0 Å². The van der Waals surface area contributed by atoms with E-state index in [1.165, 1.54) is 24.3 Å². The summed E-state index contributed by atoms with van der Waals surface area (Å²) in [6, 6.07) is 13.5. The third kappa shape index (κ3) is 2.30. The normalized spacial score (nSPS) is 11.3. The molecule has 0 radical (unpaired) electrons. The summed E-state index contributed by atoms with van der Waals surface area (Å²) in [4.78, 5) is 4.25. The standard InChI is InChI=1S/C17H11F2N/c18-15-6-3-7-16(19)14(15)8-9-17-13-5-2-1-4-12(13)10-11-20-17/h1-11H/b9-8+. The van der Waals surface area contributed by atoms with Gasteiger partial charge in [0.2, 0.25) is 0 Å². The number of halogens is 2. The molecule has 3 rings (SSSR count). The summed E-state index contributed by atoms with van der Waals surface area (Å²) < 4.78 is 27.1. The van der Waals surface area contributed by atoms with Crippen molar-refractivity contribution in [1.29, 1.82) is 0 Å². The predicted octanol–water partition coefficient (Wildman–Crippen LogP) is 4.68. The Bertz CT molecular complexity index is 768. The van der Waals surface area contributed by atoms with Gasteiger partial charge in [-0.1, -0.05) is 30.3 Å². The van der Waals surface area contributed by atoms with Crippen LogP contribution < -0.4 is 0 Å². The Balaban J connectivity index is 2.07. The van der Waals surface area contributed by atoms with Crippen molar-refractivity contribution in [2.75, 3.05) is 0 Å². The van der Waals surface area contributed by atoms with E-state index in [9.17, 15) is 8.78 Å². The molecule has 0 spiro atoms. The molecule has 0 aliphatic carbocycles. The Kier molecular flexibility index (Phi) is 3.25. The van der Waals surface area contributed by atoms with E-state index in [1.807, 2.05) is 30.3 Å². The Morgan fingerprint density at radius 2 is 1.55 bits per heavy atom. The van der Waals surface area contributed by atoms with Crippen molar-refractivity contribution in [2.45, 2.75) is 0 Å². The van der Waals surface area contributed by atoms with Gasteiger partial charge in [0.15, 0.2) is 0 Å². The number of pyridine rings is 1. The third-order valence-corrected chi connectivity index (χ3v) is 3.11. The molecule has 0 unspecified atom stereocenters. The highest BCUT2D eigenvalue weighted by molar-refractivity contribution is 5.91. The molecule has 1 nitrogen and oxygen atoms in total. The van der Waals surface area contributed by atoms with E-state index >= 15 is 0 Å². The molecule has 3 heteroatoms. The van der Waals surface area contributed by atoms with Crippen LogP contribution in [-0.2, 0) is 0 Å². The first-order valence-corrected chi connectivity index (χ1v) is 6.21. The lowest BCUT2D eigenvalue weighted by Crippen LogP contribution is -1.88. The Morgan fingerprint density at radius 1 is 0.800 bits per heavy atom. The van der Waals surface area contributed by atoms with Crippen LogP contribution in [0.3, 0.4) is 0 Å². The lowest BCUT2D eigenvalue weighted by Gasteiger charge is -2.02. The van der Waals surface area contributed by atoms with Crippen LogP contribution in [0, 0.1) is 11.6 Å². The van der Waals surface area contributed by atoms with Crippen molar-refractivity contribution in [2.24, 2.45) is 0 Å². The maximum absolute atomic E-state index is 13.6. The number of benzene rings is 2. The second-order valence-electron chi connectivity index (χ2n) is 4.39. The van der Waals surface area contributed by atoms with Crippen LogP contribution in [0.2, 0.25) is 0 Å². The number of aromatic nitrogens is 1. The van der Waals surface area contributed by atoms with Crippen LogP contribution in [0.5, 0.6) is 0 Å². The molecule has 0 aliphatic heterocycles. The molecule has 0 saturated carbocycles. The molecule has 1 aromatic heterocycles. The van der Waals surface area contributed by atoms with Gasteiger partial charge in [-0.05, 0) is 35.7 Å². The zero-order valence-corrected chi connectivity index (χ0v) is 10.6. The topological polar surface area (TPSA) is 12.9 Å². The van der Waals surface area contributed by atoms with Gasteiger partial charge in [0.05, 0.1) is 5.69 Å². The van der Waals surface area contributed by atoms with E-state index in [0.29, 0.717) is 5.69 Å². The zero-order valence-electron chi connectivity index (χ0n) is 10.6. The summed E-state index contributed by atoms with van der Waals surface area (Å²) in [6.45, 7) is 0. The molecule has 3 aromatic rings. The van der Waals surface area contributed by atoms with Crippen molar-refractivity contribution in [3.63, 3.8) is 0 Å². The zero-order chi connectivity index (χ0) is 13.9. The van der Waals surface area contributed by atoms with E-state index in [1.54, 1.807) is 12.3 Å². The molecule has 0 saturated heterocycles. The van der Waals surface area contributed by atoms with Crippen LogP contribution >= 0.6 is 0 Å². The summed E-state index contributed by atoms with van der Waals surface area (Å²) in [5.74, 6) is -1.16. The SMILES string of the molecule is Fc1cccc(F)c1/C=C/c1nccc2ccccc12. The molecule has 2 aromatic carbocycles. The number of nitrogens with zero attached hydrogens (tertiary/aromatic N) is 1. The van der Waals surface area contributed by atoms with Crippen molar-refractivity contribution in [1.82, 2.24) is 4.98 Å². The summed E-state index contributed by atoms with van der Waals surface area (Å²) in [6.07, 6.45) is 4.73. The van der Waals surface area contributed by atoms with Crippen molar-refractivity contribution in [3.8, 4) is 0 Å². The average Bonchev–Trinajstić information content (AvgIpc) is 2.47. The van der Waals surface area contributed by atoms with Gasteiger partial charge in [-0.25, -0.2) is 8.78 Å². The second kappa shape index (κ2) is 5.21. The second-order valence-corrected chi connectivity index (χ2v) is 4.39. The minimum absolute atomic E-state index is 0.0535. The third-order valence-electron chi connectivity index (χ3n) is 3.11. The van der Waals surface area contributed by atoms with Crippen LogP contribution in [0.1, 0.15) is 11.3 Å². The van der Waals surface area contributed by atoms with Crippen molar-refractivity contribution in [3.05, 3.63) is 77.6 Å². The van der Waals surface area contributed by atoms with E-state index in [0.717, 1.165) is 10.8 Å². The summed E-state index contributed by atoms with van der Waals surface area (Å²) >= 11 is 0. The number of hydrogen-bond donors (Lipinski definition) is 0. The predicted molar refractivity (Wildman–Crippen MR) is 77.0 cm³/mol. The first kappa shape index (κ1) is 12.5. The first-order chi connectivity index (χ1) is 9.75. The van der Waals surface area contributed by atoms with Gasteiger partial charge >= 0.3 is 0 Å². The lowest BCUT2D eigenvalue weighted by atomic mass is 10.1. The van der Waals surface area contributed by atoms with Crippen LogP contribution in [0.15, 0.2) is 54.7 Å². The molecular weight excluding hydrogens is 256 g/mol. The summed E-state index contributed by atoms with van der Waals surface area (Å²) in [5.41, 5.74) is 0.632. The smallest absolute Gasteiger partial charge is 0.133 e. The van der Waals surface area contributed by atoms with Gasteiger partial charge in [-0.3, -0.25) is 4.98 Å². The van der Waals surface area contributed by atoms with E-state index in [2.05, 4.69) is 4.98 Å². The molecule has 1 heterocycles. The molecule has 0 atom stereocenters. The highest BCUT2D eigenvalue weighted by Gasteiger charge is 2.05. The Hall–Kier alpha value is -2.55. The molecule has 0 bridgehead atoms. The fourth-order valence-corrected chi connectivity index (χ4v) is 2.11. The van der Waals surface area contributed by atoms with Crippen LogP contribution in [0.25, 0.3) is 22.9 Å². The van der Waals surface area contributed by atoms with Crippen molar-refractivity contribution < 1.29 is 8.78 Å². The quantitative estimate of drug-likeness (QED) is 0.656. The number of fused-ring (bicyclic) bond motifs is 1. The lowest BCUT2D eigenvalue weighted by molar-refractivity contribution is 0.579. The van der Waals surface area contributed by atoms with Crippen LogP contribution in [0.4, 0.5) is 8.78 Å².